The number of benzene rings is 2. The van der Waals surface area contributed by atoms with E-state index >= 15 is 0 Å². The molecule has 0 radical (unpaired) electrons. The van der Waals surface area contributed by atoms with Gasteiger partial charge in [0.1, 0.15) is 17.4 Å². The number of nitriles is 1. The average molecular weight is 529 g/mol. The van der Waals surface area contributed by atoms with Crippen LogP contribution in [0.2, 0.25) is 0 Å². The van der Waals surface area contributed by atoms with E-state index in [9.17, 15) is 14.9 Å². The van der Waals surface area contributed by atoms with Crippen molar-refractivity contribution in [3.05, 3.63) is 65.9 Å². The highest BCUT2D eigenvalue weighted by Gasteiger charge is 2.29. The molecular weight excluding hydrogens is 492 g/mol. The molecule has 39 heavy (non-hydrogen) atoms. The number of carbonyl (C=O) groups excluding carboxylic acids is 2. The fourth-order valence-electron chi connectivity index (χ4n) is 4.79. The van der Waals surface area contributed by atoms with Gasteiger partial charge in [-0.3, -0.25) is 14.9 Å². The minimum absolute atomic E-state index is 0.0327. The Morgan fingerprint density at radius 1 is 1.18 bits per heavy atom. The van der Waals surface area contributed by atoms with Crippen molar-refractivity contribution in [3.8, 4) is 6.19 Å². The Morgan fingerprint density at radius 3 is 2.79 bits per heavy atom. The molecular formula is C30H36N6O3. The minimum atomic E-state index is -0.681. The van der Waals surface area contributed by atoms with Gasteiger partial charge in [-0.2, -0.15) is 5.26 Å². The molecule has 0 spiro atoms. The van der Waals surface area contributed by atoms with Crippen LogP contribution in [-0.2, 0) is 16.0 Å². The number of aryl methyl sites for hydroxylation is 2. The van der Waals surface area contributed by atoms with Crippen LogP contribution in [0.25, 0.3) is 11.0 Å². The molecule has 1 aromatic heterocycles. The normalized spacial score (nSPS) is 16.0. The molecule has 1 aliphatic rings. The molecule has 0 saturated carbocycles. The molecule has 2 amide bonds. The summed E-state index contributed by atoms with van der Waals surface area (Å²) in [6.45, 7) is 3.08. The molecule has 0 bridgehead atoms. The second-order valence-corrected chi connectivity index (χ2v) is 9.98. The number of unbranched alkanes of at least 4 members (excludes halogenated alkanes) is 1. The first kappa shape index (κ1) is 27.7. The Kier molecular flexibility index (Phi) is 9.57. The highest BCUT2D eigenvalue weighted by molar-refractivity contribution is 5.98. The number of furan rings is 1. The number of amides is 2. The Morgan fingerprint density at radius 2 is 2.00 bits per heavy atom. The van der Waals surface area contributed by atoms with Gasteiger partial charge in [-0.05, 0) is 75.3 Å². The fourth-order valence-corrected chi connectivity index (χ4v) is 4.79. The molecule has 1 atom stereocenters. The number of carbonyl (C=O) groups is 2. The van der Waals surface area contributed by atoms with Crippen LogP contribution in [0.3, 0.4) is 0 Å². The lowest BCUT2D eigenvalue weighted by Gasteiger charge is -2.25. The number of aliphatic imine (C=N–C) groups is 1. The summed E-state index contributed by atoms with van der Waals surface area (Å²) in [7, 11) is 1.79. The SMILES string of the molecule is Cc1cc2cc(NC(=N[C@H]3CCCCN(CC(=O)N(C)CCCCc4ccccc4)C3=O)NC#N)ccc2o1. The molecule has 1 aliphatic heterocycles. The fraction of sp³-hybridized carbons (Fsp3) is 0.400. The van der Waals surface area contributed by atoms with Crippen molar-refractivity contribution in [1.82, 2.24) is 15.1 Å². The summed E-state index contributed by atoms with van der Waals surface area (Å²) < 4.78 is 5.62. The highest BCUT2D eigenvalue weighted by Crippen LogP contribution is 2.23. The topological polar surface area (TPSA) is 114 Å². The van der Waals surface area contributed by atoms with Crippen molar-refractivity contribution >= 4 is 34.4 Å². The lowest BCUT2D eigenvalue weighted by Crippen LogP contribution is -2.45. The van der Waals surface area contributed by atoms with Gasteiger partial charge >= 0.3 is 0 Å². The molecule has 1 fully saturated rings. The molecule has 4 rings (SSSR count). The van der Waals surface area contributed by atoms with Crippen molar-refractivity contribution in [3.63, 3.8) is 0 Å². The summed E-state index contributed by atoms with van der Waals surface area (Å²) in [5, 5.41) is 15.9. The number of nitrogens with one attached hydrogen (secondary N) is 2. The Labute approximate surface area is 229 Å². The molecule has 0 unspecified atom stereocenters. The van der Waals surface area contributed by atoms with E-state index in [1.54, 1.807) is 16.8 Å². The van der Waals surface area contributed by atoms with Crippen molar-refractivity contribution in [2.45, 2.75) is 51.5 Å². The van der Waals surface area contributed by atoms with E-state index in [1.807, 2.05) is 55.6 Å². The number of likely N-dealkylation sites (tertiary alicyclic amines) is 1. The Balaban J connectivity index is 1.35. The highest BCUT2D eigenvalue weighted by atomic mass is 16.3. The molecule has 2 heterocycles. The predicted molar refractivity (Wildman–Crippen MR) is 152 cm³/mol. The van der Waals surface area contributed by atoms with Crippen molar-refractivity contribution < 1.29 is 14.0 Å². The van der Waals surface area contributed by atoms with E-state index in [2.05, 4.69) is 27.8 Å². The quantitative estimate of drug-likeness (QED) is 0.140. The molecule has 2 aromatic carbocycles. The van der Waals surface area contributed by atoms with Crippen LogP contribution in [0.4, 0.5) is 5.69 Å². The van der Waals surface area contributed by atoms with Crippen molar-refractivity contribution in [2.75, 3.05) is 32.0 Å². The molecule has 0 aliphatic carbocycles. The third-order valence-corrected chi connectivity index (χ3v) is 6.92. The van der Waals surface area contributed by atoms with Gasteiger partial charge in [0.15, 0.2) is 6.19 Å². The van der Waals surface area contributed by atoms with Crippen molar-refractivity contribution in [1.29, 1.82) is 5.26 Å². The maximum Gasteiger partial charge on any atom is 0.247 e. The van der Waals surface area contributed by atoms with Crippen LogP contribution in [0.5, 0.6) is 0 Å². The van der Waals surface area contributed by atoms with Gasteiger partial charge in [0.25, 0.3) is 0 Å². The number of hydrogen-bond donors (Lipinski definition) is 2. The van der Waals surface area contributed by atoms with Crippen LogP contribution in [0.15, 0.2) is 64.0 Å². The molecule has 9 nitrogen and oxygen atoms in total. The number of guanidine groups is 1. The van der Waals surface area contributed by atoms with Gasteiger partial charge in [-0.1, -0.05) is 30.3 Å². The standard InChI is InChI=1S/C30H36N6O3/c1-22-18-24-19-25(14-15-27(24)39-22)33-30(32-21-31)34-26-13-7-9-17-36(29(26)38)20-28(37)35(2)16-8-6-12-23-10-4-3-5-11-23/h3-5,10-11,14-15,18-19,26H,6-9,12-13,16-17,20H2,1-2H3,(H2,32,33,34)/t26-/m0/s1. The second kappa shape index (κ2) is 13.5. The monoisotopic (exact) mass is 528 g/mol. The summed E-state index contributed by atoms with van der Waals surface area (Å²) in [5.41, 5.74) is 2.78. The number of rotatable bonds is 9. The molecule has 204 valence electrons. The summed E-state index contributed by atoms with van der Waals surface area (Å²) >= 11 is 0. The average Bonchev–Trinajstić information content (AvgIpc) is 3.22. The van der Waals surface area contributed by atoms with E-state index in [4.69, 9.17) is 4.42 Å². The Hall–Kier alpha value is -4.32. The van der Waals surface area contributed by atoms with Crippen LogP contribution in [-0.4, -0.2) is 60.3 Å². The van der Waals surface area contributed by atoms with Gasteiger partial charge in [0, 0.05) is 31.2 Å². The summed E-state index contributed by atoms with van der Waals surface area (Å²) in [4.78, 5) is 34.2. The van der Waals surface area contributed by atoms with Gasteiger partial charge in [0.05, 0.1) is 6.54 Å². The van der Waals surface area contributed by atoms with Crippen LogP contribution < -0.4 is 10.6 Å². The number of nitrogens with zero attached hydrogens (tertiary/aromatic N) is 4. The number of anilines is 1. The molecule has 2 N–H and O–H groups in total. The lowest BCUT2D eigenvalue weighted by molar-refractivity contribution is -0.140. The van der Waals surface area contributed by atoms with E-state index in [-0.39, 0.29) is 24.3 Å². The maximum absolute atomic E-state index is 13.4. The molecule has 1 saturated heterocycles. The predicted octanol–water partition coefficient (Wildman–Crippen LogP) is 4.44. The van der Waals surface area contributed by atoms with Gasteiger partial charge in [-0.15, -0.1) is 0 Å². The third-order valence-electron chi connectivity index (χ3n) is 6.92. The zero-order chi connectivity index (χ0) is 27.6. The Bertz CT molecular complexity index is 1340. The molecule has 9 heteroatoms. The third kappa shape index (κ3) is 7.84. The van der Waals surface area contributed by atoms with Crippen LogP contribution in [0.1, 0.15) is 43.4 Å². The smallest absolute Gasteiger partial charge is 0.247 e. The summed E-state index contributed by atoms with van der Waals surface area (Å²) in [6, 6.07) is 17.1. The number of fused-ring (bicyclic) bond motifs is 1. The summed E-state index contributed by atoms with van der Waals surface area (Å²) in [6.07, 6.45) is 6.93. The van der Waals surface area contributed by atoms with Crippen LogP contribution >= 0.6 is 0 Å². The van der Waals surface area contributed by atoms with Crippen molar-refractivity contribution in [2.24, 2.45) is 4.99 Å². The van der Waals surface area contributed by atoms with E-state index in [1.165, 1.54) is 5.56 Å². The zero-order valence-electron chi connectivity index (χ0n) is 22.7. The zero-order valence-corrected chi connectivity index (χ0v) is 22.7. The first-order valence-corrected chi connectivity index (χ1v) is 13.5. The minimum Gasteiger partial charge on any atom is -0.461 e. The maximum atomic E-state index is 13.4. The lowest BCUT2D eigenvalue weighted by atomic mass is 10.1. The number of likely N-dealkylation sites (N-methyl/N-ethyl adjacent to an activating group) is 1. The van der Waals surface area contributed by atoms with Gasteiger partial charge in [-0.25, -0.2) is 4.99 Å². The first-order valence-electron chi connectivity index (χ1n) is 13.5. The first-order chi connectivity index (χ1) is 18.9. The van der Waals surface area contributed by atoms with E-state index in [0.29, 0.717) is 25.2 Å². The van der Waals surface area contributed by atoms with Gasteiger partial charge in [0.2, 0.25) is 17.8 Å². The van der Waals surface area contributed by atoms with E-state index < -0.39 is 6.04 Å². The van der Waals surface area contributed by atoms with Gasteiger partial charge < -0.3 is 19.5 Å². The largest absolute Gasteiger partial charge is 0.461 e. The number of hydrogen-bond acceptors (Lipinski definition) is 5. The summed E-state index contributed by atoms with van der Waals surface area (Å²) in [5.74, 6) is 0.727. The second-order valence-electron chi connectivity index (χ2n) is 9.98. The molecule has 3 aromatic rings. The van der Waals surface area contributed by atoms with Crippen LogP contribution in [0, 0.1) is 18.4 Å². The van der Waals surface area contributed by atoms with E-state index in [0.717, 1.165) is 48.8 Å².